The molecule has 2 nitrogen and oxygen atoms in total. The maximum atomic E-state index is 12.9. The molecule has 1 saturated carbocycles. The second-order valence-electron chi connectivity index (χ2n) is 4.11. The summed E-state index contributed by atoms with van der Waals surface area (Å²) in [5.41, 5.74) is -1.87. The van der Waals surface area contributed by atoms with Crippen LogP contribution >= 0.6 is 0 Å². The Hall–Kier alpha value is -1.04. The van der Waals surface area contributed by atoms with E-state index in [0.29, 0.717) is 5.56 Å². The molecule has 0 spiro atoms. The van der Waals surface area contributed by atoms with Crippen molar-refractivity contribution in [2.45, 2.75) is 29.8 Å². The summed E-state index contributed by atoms with van der Waals surface area (Å²) in [4.78, 5) is -0.200. The van der Waals surface area contributed by atoms with Crippen molar-refractivity contribution in [1.29, 1.82) is 0 Å². The number of hydrogen-bond donors (Lipinski definition) is 1. The van der Waals surface area contributed by atoms with E-state index in [4.69, 9.17) is 0 Å². The third-order valence-corrected chi connectivity index (χ3v) is 3.98. The van der Waals surface area contributed by atoms with E-state index in [-0.39, 0.29) is 16.9 Å². The van der Waals surface area contributed by atoms with Crippen molar-refractivity contribution in [1.82, 2.24) is 0 Å². The molecule has 0 heterocycles. The lowest BCUT2D eigenvalue weighted by Gasteiger charge is -2.21. The highest BCUT2D eigenvalue weighted by molar-refractivity contribution is 7.72. The van der Waals surface area contributed by atoms with Gasteiger partial charge in [-0.2, -0.15) is 13.2 Å². The normalized spacial score (nSPS) is 18.4. The molecule has 0 saturated heterocycles. The molecular weight excluding hydrogens is 253 g/mol. The predicted molar refractivity (Wildman–Crippen MR) is 56.4 cm³/mol. The van der Waals surface area contributed by atoms with Crippen molar-refractivity contribution in [3.8, 4) is 0 Å². The van der Waals surface area contributed by atoms with Gasteiger partial charge < -0.3 is 0 Å². The van der Waals surface area contributed by atoms with Crippen LogP contribution in [-0.2, 0) is 16.1 Å². The molecule has 1 fully saturated rings. The van der Waals surface area contributed by atoms with Gasteiger partial charge in [0.05, 0.1) is 10.3 Å². The van der Waals surface area contributed by atoms with Crippen molar-refractivity contribution in [2.24, 2.45) is 0 Å². The van der Waals surface area contributed by atoms with Crippen LogP contribution in [0, 0.1) is 13.3 Å². The molecule has 1 aromatic carbocycles. The van der Waals surface area contributed by atoms with Gasteiger partial charge in [0.15, 0.2) is 10.7 Å². The Balaban J connectivity index is 2.66. The average molecular weight is 263 g/mol. The van der Waals surface area contributed by atoms with E-state index in [2.05, 4.69) is 0 Å². The van der Waals surface area contributed by atoms with Crippen LogP contribution in [0.15, 0.2) is 23.1 Å². The fraction of sp³-hybridized carbons (Fsp3) is 0.364. The van der Waals surface area contributed by atoms with E-state index in [1.807, 2.05) is 0 Å². The van der Waals surface area contributed by atoms with Gasteiger partial charge in [0, 0.05) is 0 Å². The molecular formula is C11H10F3O2S. The maximum Gasteiger partial charge on any atom is 0.398 e. The van der Waals surface area contributed by atoms with Crippen molar-refractivity contribution in [3.05, 3.63) is 35.7 Å². The van der Waals surface area contributed by atoms with Gasteiger partial charge >= 0.3 is 6.18 Å². The molecule has 1 aromatic rings. The monoisotopic (exact) mass is 263 g/mol. The van der Waals surface area contributed by atoms with Gasteiger partial charge in [-0.3, -0.25) is 0 Å². The number of aryl methyl sites for hydroxylation is 1. The van der Waals surface area contributed by atoms with Crippen LogP contribution in [0.25, 0.3) is 0 Å². The SMILES string of the molecule is Cc1cccc(C2(C(F)(F)F)[CH]C2)c1[SH](=O)=O. The highest BCUT2D eigenvalue weighted by Gasteiger charge is 2.65. The van der Waals surface area contributed by atoms with Crippen molar-refractivity contribution < 1.29 is 21.6 Å². The molecule has 6 heteroatoms. The first-order valence-corrected chi connectivity index (χ1v) is 6.13. The second-order valence-corrected chi connectivity index (χ2v) is 5.07. The Bertz CT molecular complexity index is 520. The molecule has 17 heavy (non-hydrogen) atoms. The molecule has 1 unspecified atom stereocenters. The minimum Gasteiger partial charge on any atom is -0.227 e. The van der Waals surface area contributed by atoms with Gasteiger partial charge in [-0.25, -0.2) is 8.42 Å². The molecule has 0 aliphatic heterocycles. The Morgan fingerprint density at radius 2 is 1.88 bits per heavy atom. The first-order valence-electron chi connectivity index (χ1n) is 4.95. The summed E-state index contributed by atoms with van der Waals surface area (Å²) in [5.74, 6) is 0. The van der Waals surface area contributed by atoms with Crippen molar-refractivity contribution >= 4 is 10.7 Å². The molecule has 0 aromatic heterocycles. The van der Waals surface area contributed by atoms with Crippen LogP contribution in [0.2, 0.25) is 0 Å². The summed E-state index contributed by atoms with van der Waals surface area (Å²) < 4.78 is 61.0. The minimum atomic E-state index is -4.44. The average Bonchev–Trinajstić information content (AvgIpc) is 2.95. The smallest absolute Gasteiger partial charge is 0.227 e. The number of thiol groups is 1. The fourth-order valence-corrected chi connectivity index (χ4v) is 2.80. The van der Waals surface area contributed by atoms with E-state index < -0.39 is 22.3 Å². The predicted octanol–water partition coefficient (Wildman–Crippen LogP) is 2.37. The van der Waals surface area contributed by atoms with Crippen LogP contribution in [0.1, 0.15) is 17.5 Å². The van der Waals surface area contributed by atoms with Crippen molar-refractivity contribution in [3.63, 3.8) is 0 Å². The van der Waals surface area contributed by atoms with E-state index >= 15 is 0 Å². The number of rotatable bonds is 2. The highest BCUT2D eigenvalue weighted by Crippen LogP contribution is 2.59. The van der Waals surface area contributed by atoms with E-state index in [1.54, 1.807) is 0 Å². The Morgan fingerprint density at radius 1 is 1.29 bits per heavy atom. The summed E-state index contributed by atoms with van der Waals surface area (Å²) in [6.07, 6.45) is -3.50. The van der Waals surface area contributed by atoms with Gasteiger partial charge in [-0.15, -0.1) is 0 Å². The van der Waals surface area contributed by atoms with Gasteiger partial charge in [0.2, 0.25) is 0 Å². The molecule has 1 aliphatic rings. The zero-order chi connectivity index (χ0) is 12.8. The Kier molecular flexibility index (Phi) is 2.72. The molecule has 0 N–H and O–H groups in total. The summed E-state index contributed by atoms with van der Waals surface area (Å²) in [5, 5.41) is 0. The van der Waals surface area contributed by atoms with Gasteiger partial charge in [0.25, 0.3) is 0 Å². The molecule has 93 valence electrons. The number of benzene rings is 1. The van der Waals surface area contributed by atoms with E-state index in [9.17, 15) is 21.6 Å². The second kappa shape index (κ2) is 3.73. The van der Waals surface area contributed by atoms with Crippen molar-refractivity contribution in [2.75, 3.05) is 0 Å². The topological polar surface area (TPSA) is 34.1 Å². The maximum absolute atomic E-state index is 12.9. The minimum absolute atomic E-state index is 0.152. The fourth-order valence-electron chi connectivity index (χ4n) is 1.97. The van der Waals surface area contributed by atoms with Gasteiger partial charge in [0.1, 0.15) is 0 Å². The first kappa shape index (κ1) is 12.4. The number of hydrogen-bond acceptors (Lipinski definition) is 2. The van der Waals surface area contributed by atoms with Crippen LogP contribution in [0.5, 0.6) is 0 Å². The Morgan fingerprint density at radius 3 is 2.29 bits per heavy atom. The molecule has 1 radical (unpaired) electrons. The van der Waals surface area contributed by atoms with E-state index in [0.717, 1.165) is 6.42 Å². The van der Waals surface area contributed by atoms with Gasteiger partial charge in [-0.05, 0) is 30.9 Å². The molecule has 0 bridgehead atoms. The summed E-state index contributed by atoms with van der Waals surface area (Å²) >= 11 is 0. The Labute approximate surface area is 98.4 Å². The third-order valence-electron chi connectivity index (χ3n) is 3.02. The summed E-state index contributed by atoms with van der Waals surface area (Å²) in [6, 6.07) is 4.19. The molecule has 2 rings (SSSR count). The molecule has 1 atom stereocenters. The summed E-state index contributed by atoms with van der Waals surface area (Å²) in [7, 11) is -3.03. The lowest BCUT2D eigenvalue weighted by Crippen LogP contribution is -2.30. The van der Waals surface area contributed by atoms with Crippen LogP contribution < -0.4 is 0 Å². The lowest BCUT2D eigenvalue weighted by molar-refractivity contribution is -0.157. The standard InChI is InChI=1S/C11H10F3O2S/c1-7-3-2-4-8(9(7)17(15)16)10(5-6-10)11(12,13)14/h2-5,17H,6H2,1H3. The number of alkyl halides is 3. The lowest BCUT2D eigenvalue weighted by atomic mass is 9.94. The largest absolute Gasteiger partial charge is 0.398 e. The molecule has 1 aliphatic carbocycles. The first-order chi connectivity index (χ1) is 7.79. The summed E-state index contributed by atoms with van der Waals surface area (Å²) in [6.45, 7) is 1.50. The van der Waals surface area contributed by atoms with Gasteiger partial charge in [-0.1, -0.05) is 18.2 Å². The van der Waals surface area contributed by atoms with E-state index in [1.165, 1.54) is 25.1 Å². The quantitative estimate of drug-likeness (QED) is 0.831. The number of halogens is 3. The van der Waals surface area contributed by atoms with Crippen LogP contribution in [0.4, 0.5) is 13.2 Å². The highest BCUT2D eigenvalue weighted by atomic mass is 32.2. The zero-order valence-corrected chi connectivity index (χ0v) is 9.81. The van der Waals surface area contributed by atoms with Crippen LogP contribution in [-0.4, -0.2) is 14.6 Å². The zero-order valence-electron chi connectivity index (χ0n) is 8.91. The molecule has 0 amide bonds. The third kappa shape index (κ3) is 1.84. The van der Waals surface area contributed by atoms with Crippen LogP contribution in [0.3, 0.4) is 0 Å².